The monoisotopic (exact) mass is 452 g/mol. The fourth-order valence-electron chi connectivity index (χ4n) is 2.72. The number of carbonyl (C=O) groups is 1. The first-order valence-corrected chi connectivity index (χ1v) is 10.2. The number of nitrogens with one attached hydrogen (secondary N) is 1. The molecule has 0 saturated carbocycles. The number of amides is 1. The minimum absolute atomic E-state index is 0.0418. The summed E-state index contributed by atoms with van der Waals surface area (Å²) in [6, 6.07) is 13.9. The van der Waals surface area contributed by atoms with Crippen LogP contribution in [0.15, 0.2) is 59.1 Å². The Morgan fingerprint density at radius 3 is 2.59 bits per heavy atom. The zero-order chi connectivity index (χ0) is 21.4. The van der Waals surface area contributed by atoms with E-state index in [1.54, 1.807) is 12.2 Å². The average Bonchev–Trinajstić information content (AvgIpc) is 2.66. The Balaban J connectivity index is 2.32. The minimum atomic E-state index is -0.386. The summed E-state index contributed by atoms with van der Waals surface area (Å²) in [5.41, 5.74) is 4.01. The highest BCUT2D eigenvalue weighted by Crippen LogP contribution is 2.33. The standard InChI is InChI=1S/C24H25BrN2O2/c1-5-6-20-11-19(12-21(14-26)24(28)27-16(2)3)13-22(25)23(20)29-15-18-9-7-17(4)8-10-18/h5,7-13,16H,1,6,15H2,2-4H3,(H,27,28)/b21-12-. The molecular formula is C24H25BrN2O2. The first kappa shape index (κ1) is 22.4. The number of ether oxygens (including phenoxy) is 1. The van der Waals surface area contributed by atoms with E-state index in [1.807, 2.05) is 51.1 Å². The molecule has 0 fully saturated rings. The number of nitrogens with zero attached hydrogens (tertiary/aromatic N) is 1. The van der Waals surface area contributed by atoms with E-state index in [4.69, 9.17) is 4.74 Å². The molecule has 4 nitrogen and oxygen atoms in total. The van der Waals surface area contributed by atoms with E-state index in [2.05, 4.69) is 40.0 Å². The molecule has 0 spiro atoms. The number of halogens is 1. The van der Waals surface area contributed by atoms with Gasteiger partial charge in [-0.2, -0.15) is 5.26 Å². The number of nitriles is 1. The second-order valence-electron chi connectivity index (χ2n) is 7.06. The van der Waals surface area contributed by atoms with Crippen LogP contribution in [0.3, 0.4) is 0 Å². The Bertz CT molecular complexity index is 954. The highest BCUT2D eigenvalue weighted by Gasteiger charge is 2.13. The Morgan fingerprint density at radius 2 is 2.00 bits per heavy atom. The second kappa shape index (κ2) is 10.6. The van der Waals surface area contributed by atoms with Crippen molar-refractivity contribution in [3.05, 3.63) is 81.4 Å². The van der Waals surface area contributed by atoms with Crippen LogP contribution >= 0.6 is 15.9 Å². The fraction of sp³-hybridized carbons (Fsp3) is 0.250. The third-order valence-corrected chi connectivity index (χ3v) is 4.70. The first-order chi connectivity index (χ1) is 13.8. The smallest absolute Gasteiger partial charge is 0.262 e. The summed E-state index contributed by atoms with van der Waals surface area (Å²) in [5.74, 6) is 0.344. The lowest BCUT2D eigenvalue weighted by molar-refractivity contribution is -0.117. The number of aryl methyl sites for hydroxylation is 1. The van der Waals surface area contributed by atoms with Crippen molar-refractivity contribution in [2.45, 2.75) is 39.8 Å². The van der Waals surface area contributed by atoms with E-state index in [-0.39, 0.29) is 17.5 Å². The SMILES string of the molecule is C=CCc1cc(/C=C(/C#N)C(=O)NC(C)C)cc(Br)c1OCc1ccc(C)cc1. The normalized spacial score (nSPS) is 11.1. The number of hydrogen-bond acceptors (Lipinski definition) is 3. The number of hydrogen-bond donors (Lipinski definition) is 1. The van der Waals surface area contributed by atoms with Gasteiger partial charge in [0, 0.05) is 6.04 Å². The quantitative estimate of drug-likeness (QED) is 0.326. The molecule has 0 heterocycles. The predicted octanol–water partition coefficient (Wildman–Crippen LogP) is 5.50. The Kier molecular flexibility index (Phi) is 8.23. The van der Waals surface area contributed by atoms with Gasteiger partial charge in [-0.3, -0.25) is 4.79 Å². The molecule has 0 radical (unpaired) electrons. The maximum Gasteiger partial charge on any atom is 0.262 e. The summed E-state index contributed by atoms with van der Waals surface area (Å²) in [6.45, 7) is 10.0. The lowest BCUT2D eigenvalue weighted by atomic mass is 10.0. The van der Waals surface area contributed by atoms with Crippen LogP contribution in [0.25, 0.3) is 6.08 Å². The first-order valence-electron chi connectivity index (χ1n) is 9.38. The molecular weight excluding hydrogens is 428 g/mol. The van der Waals surface area contributed by atoms with Crippen molar-refractivity contribution in [3.63, 3.8) is 0 Å². The van der Waals surface area contributed by atoms with Crippen LogP contribution in [-0.4, -0.2) is 11.9 Å². The van der Waals surface area contributed by atoms with Crippen LogP contribution in [0.2, 0.25) is 0 Å². The van der Waals surface area contributed by atoms with E-state index in [1.165, 1.54) is 5.56 Å². The van der Waals surface area contributed by atoms with Gasteiger partial charge in [-0.25, -0.2) is 0 Å². The van der Waals surface area contributed by atoms with Crippen molar-refractivity contribution in [2.75, 3.05) is 0 Å². The van der Waals surface area contributed by atoms with Gasteiger partial charge in [0.05, 0.1) is 4.47 Å². The molecule has 0 aromatic heterocycles. The van der Waals surface area contributed by atoms with Crippen molar-refractivity contribution in [2.24, 2.45) is 0 Å². The largest absolute Gasteiger partial charge is 0.487 e. The van der Waals surface area contributed by atoms with Crippen LogP contribution in [0.1, 0.15) is 36.1 Å². The van der Waals surface area contributed by atoms with Crippen LogP contribution in [0.5, 0.6) is 5.75 Å². The summed E-state index contributed by atoms with van der Waals surface area (Å²) in [7, 11) is 0. The van der Waals surface area contributed by atoms with Gasteiger partial charge in [-0.05, 0) is 78.0 Å². The van der Waals surface area contributed by atoms with Crippen LogP contribution in [0, 0.1) is 18.3 Å². The van der Waals surface area contributed by atoms with Crippen molar-refractivity contribution in [3.8, 4) is 11.8 Å². The summed E-state index contributed by atoms with van der Waals surface area (Å²) in [6.07, 6.45) is 3.98. The topological polar surface area (TPSA) is 62.1 Å². The summed E-state index contributed by atoms with van der Waals surface area (Å²) >= 11 is 3.57. The van der Waals surface area contributed by atoms with Gasteiger partial charge in [0.2, 0.25) is 0 Å². The van der Waals surface area contributed by atoms with Crippen molar-refractivity contribution < 1.29 is 9.53 Å². The predicted molar refractivity (Wildman–Crippen MR) is 120 cm³/mol. The minimum Gasteiger partial charge on any atom is -0.487 e. The van der Waals surface area contributed by atoms with Gasteiger partial charge in [0.1, 0.15) is 24.0 Å². The van der Waals surface area contributed by atoms with Crippen molar-refractivity contribution in [1.82, 2.24) is 5.32 Å². The van der Waals surface area contributed by atoms with Crippen LogP contribution in [-0.2, 0) is 17.8 Å². The molecule has 29 heavy (non-hydrogen) atoms. The highest BCUT2D eigenvalue weighted by atomic mass is 79.9. The molecule has 0 atom stereocenters. The molecule has 0 bridgehead atoms. The van der Waals surface area contributed by atoms with E-state index in [0.29, 0.717) is 13.0 Å². The van der Waals surface area contributed by atoms with Gasteiger partial charge < -0.3 is 10.1 Å². The molecule has 2 aromatic carbocycles. The number of carbonyl (C=O) groups excluding carboxylic acids is 1. The summed E-state index contributed by atoms with van der Waals surface area (Å²) in [5, 5.41) is 12.1. The molecule has 1 N–H and O–H groups in total. The Labute approximate surface area is 181 Å². The molecule has 0 aliphatic carbocycles. The number of rotatable bonds is 8. The van der Waals surface area contributed by atoms with Gasteiger partial charge in [-0.1, -0.05) is 35.9 Å². The van der Waals surface area contributed by atoms with Crippen molar-refractivity contribution >= 4 is 27.9 Å². The molecule has 1 amide bonds. The molecule has 0 unspecified atom stereocenters. The van der Waals surface area contributed by atoms with Crippen LogP contribution in [0.4, 0.5) is 0 Å². The van der Waals surface area contributed by atoms with Gasteiger partial charge in [0.15, 0.2) is 0 Å². The van der Waals surface area contributed by atoms with Gasteiger partial charge in [-0.15, -0.1) is 6.58 Å². The van der Waals surface area contributed by atoms with E-state index in [0.717, 1.165) is 26.9 Å². The van der Waals surface area contributed by atoms with Gasteiger partial charge in [0.25, 0.3) is 5.91 Å². The Hall–Kier alpha value is -2.84. The molecule has 2 rings (SSSR count). The maximum atomic E-state index is 12.2. The number of benzene rings is 2. The molecule has 0 aliphatic rings. The summed E-state index contributed by atoms with van der Waals surface area (Å²) in [4.78, 5) is 12.2. The number of allylic oxidation sites excluding steroid dienone is 1. The third kappa shape index (κ3) is 6.62. The Morgan fingerprint density at radius 1 is 1.31 bits per heavy atom. The lowest BCUT2D eigenvalue weighted by Crippen LogP contribution is -2.30. The fourth-order valence-corrected chi connectivity index (χ4v) is 3.35. The second-order valence-corrected chi connectivity index (χ2v) is 7.91. The summed E-state index contributed by atoms with van der Waals surface area (Å²) < 4.78 is 6.83. The molecule has 0 aliphatic heterocycles. The van der Waals surface area contributed by atoms with Crippen molar-refractivity contribution in [1.29, 1.82) is 5.26 Å². The van der Waals surface area contributed by atoms with E-state index < -0.39 is 0 Å². The third-order valence-electron chi connectivity index (χ3n) is 4.11. The van der Waals surface area contributed by atoms with Crippen LogP contribution < -0.4 is 10.1 Å². The zero-order valence-electron chi connectivity index (χ0n) is 17.0. The molecule has 0 saturated heterocycles. The maximum absolute atomic E-state index is 12.2. The highest BCUT2D eigenvalue weighted by molar-refractivity contribution is 9.10. The van der Waals surface area contributed by atoms with E-state index in [9.17, 15) is 10.1 Å². The molecule has 2 aromatic rings. The zero-order valence-corrected chi connectivity index (χ0v) is 18.5. The lowest BCUT2D eigenvalue weighted by Gasteiger charge is -2.14. The average molecular weight is 453 g/mol. The van der Waals surface area contributed by atoms with Gasteiger partial charge >= 0.3 is 0 Å². The van der Waals surface area contributed by atoms with E-state index >= 15 is 0 Å². The molecule has 150 valence electrons. The molecule has 5 heteroatoms.